The van der Waals surface area contributed by atoms with E-state index in [0.717, 1.165) is 4.88 Å². The number of carbonyl (C=O) groups excluding carboxylic acids is 1. The second kappa shape index (κ2) is 10.0. The number of amides is 1. The molecule has 0 radical (unpaired) electrons. The van der Waals surface area contributed by atoms with Crippen molar-refractivity contribution in [2.45, 2.75) is 18.9 Å². The van der Waals surface area contributed by atoms with E-state index in [-0.39, 0.29) is 30.0 Å². The van der Waals surface area contributed by atoms with E-state index in [0.29, 0.717) is 28.0 Å². The van der Waals surface area contributed by atoms with Gasteiger partial charge in [-0.25, -0.2) is 0 Å². The molecule has 0 bridgehead atoms. The largest absolute Gasteiger partial charge is 0.573 e. The van der Waals surface area contributed by atoms with Crippen molar-refractivity contribution in [3.05, 3.63) is 118 Å². The van der Waals surface area contributed by atoms with E-state index in [4.69, 9.17) is 0 Å². The molecule has 0 saturated heterocycles. The van der Waals surface area contributed by atoms with Crippen LogP contribution in [-0.2, 0) is 11.3 Å². The van der Waals surface area contributed by atoms with Crippen molar-refractivity contribution in [1.82, 2.24) is 4.90 Å². The number of aromatic hydroxyl groups is 1. The van der Waals surface area contributed by atoms with E-state index in [1.165, 1.54) is 35.6 Å². The number of phenolic OH excluding ortho intramolecular Hbond substituents is 1. The zero-order chi connectivity index (χ0) is 26.0. The molecule has 0 fully saturated rings. The Morgan fingerprint density at radius 1 is 1.00 bits per heavy atom. The maximum absolute atomic E-state index is 13.4. The lowest BCUT2D eigenvalue weighted by Gasteiger charge is -2.36. The molecule has 0 aliphatic carbocycles. The van der Waals surface area contributed by atoms with Crippen molar-refractivity contribution < 1.29 is 27.8 Å². The standard InChI is InChI=1S/C28H21F3N2O3S/c29-28(30,31)36-21-9-4-6-18(14-21)16-33-17-24(27(35)32-19-7-2-1-3-8-19)22-12-11-20(34)15-23(22)26(33)25-10-5-13-37-25/h1-15,17,26,34H,16H2,(H,32,35). The quantitative estimate of drug-likeness (QED) is 0.288. The van der Waals surface area contributed by atoms with Crippen molar-refractivity contribution in [3.8, 4) is 11.5 Å². The van der Waals surface area contributed by atoms with E-state index in [1.807, 2.05) is 40.6 Å². The van der Waals surface area contributed by atoms with Gasteiger partial charge in [0.05, 0.1) is 11.6 Å². The maximum atomic E-state index is 13.4. The van der Waals surface area contributed by atoms with Gasteiger partial charge in [-0.3, -0.25) is 4.79 Å². The minimum Gasteiger partial charge on any atom is -0.508 e. The molecule has 5 nitrogen and oxygen atoms in total. The van der Waals surface area contributed by atoms with Crippen LogP contribution in [0.15, 0.2) is 96.5 Å². The number of halogens is 3. The number of nitrogens with one attached hydrogen (secondary N) is 1. The van der Waals surface area contributed by atoms with Crippen LogP contribution in [0.3, 0.4) is 0 Å². The average Bonchev–Trinajstić information content (AvgIpc) is 3.37. The second-order valence-corrected chi connectivity index (χ2v) is 9.40. The molecule has 1 aromatic heterocycles. The fourth-order valence-corrected chi connectivity index (χ4v) is 5.23. The number of benzene rings is 3. The fourth-order valence-electron chi connectivity index (χ4n) is 4.36. The highest BCUT2D eigenvalue weighted by atomic mass is 32.1. The van der Waals surface area contributed by atoms with Gasteiger partial charge in [0.1, 0.15) is 11.5 Å². The average molecular weight is 523 g/mol. The maximum Gasteiger partial charge on any atom is 0.573 e. The molecule has 1 aliphatic heterocycles. The lowest BCUT2D eigenvalue weighted by atomic mass is 9.89. The number of thiophene rings is 1. The van der Waals surface area contributed by atoms with Gasteiger partial charge in [-0.15, -0.1) is 24.5 Å². The van der Waals surface area contributed by atoms with Gasteiger partial charge in [-0.2, -0.15) is 0 Å². The zero-order valence-corrected chi connectivity index (χ0v) is 20.1. The van der Waals surface area contributed by atoms with Crippen LogP contribution >= 0.6 is 11.3 Å². The Morgan fingerprint density at radius 3 is 2.54 bits per heavy atom. The predicted octanol–water partition coefficient (Wildman–Crippen LogP) is 6.94. The SMILES string of the molecule is O=C(Nc1ccccc1)C1=CN(Cc2cccc(OC(F)(F)F)c2)C(c2cccs2)c2cc(O)ccc21. The zero-order valence-electron chi connectivity index (χ0n) is 19.3. The van der Waals surface area contributed by atoms with Crippen LogP contribution in [0.1, 0.15) is 27.6 Å². The fraction of sp³-hybridized carbons (Fsp3) is 0.107. The number of hydrogen-bond donors (Lipinski definition) is 2. The van der Waals surface area contributed by atoms with Gasteiger partial charge >= 0.3 is 6.36 Å². The monoisotopic (exact) mass is 522 g/mol. The molecule has 1 aliphatic rings. The van der Waals surface area contributed by atoms with Gasteiger partial charge in [0, 0.05) is 23.3 Å². The van der Waals surface area contributed by atoms with Crippen molar-refractivity contribution in [2.75, 3.05) is 5.32 Å². The van der Waals surface area contributed by atoms with E-state index in [2.05, 4.69) is 10.1 Å². The van der Waals surface area contributed by atoms with Crippen LogP contribution in [0.25, 0.3) is 5.57 Å². The summed E-state index contributed by atoms with van der Waals surface area (Å²) in [5.41, 5.74) is 2.93. The molecule has 2 heterocycles. The summed E-state index contributed by atoms with van der Waals surface area (Å²) in [6.07, 6.45) is -3.08. The van der Waals surface area contributed by atoms with E-state index >= 15 is 0 Å². The molecule has 188 valence electrons. The Balaban J connectivity index is 1.57. The van der Waals surface area contributed by atoms with Gasteiger partial charge in [0.2, 0.25) is 0 Å². The first-order valence-corrected chi connectivity index (χ1v) is 12.2. The Hall–Kier alpha value is -4.24. The molecular weight excluding hydrogens is 501 g/mol. The molecule has 1 amide bonds. The number of ether oxygens (including phenoxy) is 1. The highest BCUT2D eigenvalue weighted by molar-refractivity contribution is 7.10. The third kappa shape index (κ3) is 5.62. The molecule has 4 aromatic rings. The number of para-hydroxylation sites is 1. The lowest BCUT2D eigenvalue weighted by molar-refractivity contribution is -0.274. The molecule has 37 heavy (non-hydrogen) atoms. The number of alkyl halides is 3. The number of phenols is 1. The highest BCUT2D eigenvalue weighted by Gasteiger charge is 2.33. The summed E-state index contributed by atoms with van der Waals surface area (Å²) in [6, 6.07) is 23.1. The van der Waals surface area contributed by atoms with Gasteiger partial charge in [-0.05, 0) is 64.5 Å². The number of hydrogen-bond acceptors (Lipinski definition) is 5. The highest BCUT2D eigenvalue weighted by Crippen LogP contribution is 2.43. The summed E-state index contributed by atoms with van der Waals surface area (Å²) in [6.45, 7) is 0.189. The Labute approximate surface area is 215 Å². The Bertz CT molecular complexity index is 1440. The summed E-state index contributed by atoms with van der Waals surface area (Å²) in [4.78, 5) is 16.2. The molecule has 3 aromatic carbocycles. The van der Waals surface area contributed by atoms with Crippen LogP contribution in [0.2, 0.25) is 0 Å². The van der Waals surface area contributed by atoms with Crippen LogP contribution < -0.4 is 10.1 Å². The van der Waals surface area contributed by atoms with E-state index in [1.54, 1.807) is 36.5 Å². The second-order valence-electron chi connectivity index (χ2n) is 8.42. The van der Waals surface area contributed by atoms with Gasteiger partial charge < -0.3 is 20.1 Å². The molecule has 0 saturated carbocycles. The molecule has 0 spiro atoms. The molecule has 1 atom stereocenters. The number of rotatable bonds is 6. The molecule has 9 heteroatoms. The van der Waals surface area contributed by atoms with Gasteiger partial charge in [0.15, 0.2) is 0 Å². The van der Waals surface area contributed by atoms with Crippen molar-refractivity contribution >= 4 is 28.5 Å². The van der Waals surface area contributed by atoms with Crippen molar-refractivity contribution in [3.63, 3.8) is 0 Å². The Kier molecular flexibility index (Phi) is 6.62. The van der Waals surface area contributed by atoms with Gasteiger partial charge in [0.25, 0.3) is 5.91 Å². The van der Waals surface area contributed by atoms with Crippen molar-refractivity contribution in [2.24, 2.45) is 0 Å². The van der Waals surface area contributed by atoms with Crippen LogP contribution in [0.5, 0.6) is 11.5 Å². The Morgan fingerprint density at radius 2 is 1.81 bits per heavy atom. The lowest BCUT2D eigenvalue weighted by Crippen LogP contribution is -2.30. The first kappa shape index (κ1) is 24.5. The van der Waals surface area contributed by atoms with Crippen LogP contribution in [0.4, 0.5) is 18.9 Å². The molecular formula is C28H21F3N2O3S. The summed E-state index contributed by atoms with van der Waals surface area (Å²) in [7, 11) is 0. The van der Waals surface area contributed by atoms with E-state index in [9.17, 15) is 23.1 Å². The summed E-state index contributed by atoms with van der Waals surface area (Å²) < 4.78 is 42.5. The first-order valence-electron chi connectivity index (χ1n) is 11.3. The predicted molar refractivity (Wildman–Crippen MR) is 136 cm³/mol. The topological polar surface area (TPSA) is 61.8 Å². The normalized spacial score (nSPS) is 15.1. The third-order valence-corrected chi connectivity index (χ3v) is 6.76. The van der Waals surface area contributed by atoms with Crippen molar-refractivity contribution in [1.29, 1.82) is 0 Å². The number of fused-ring (bicyclic) bond motifs is 1. The smallest absolute Gasteiger partial charge is 0.508 e. The van der Waals surface area contributed by atoms with Crippen LogP contribution in [0, 0.1) is 0 Å². The number of nitrogens with zero attached hydrogens (tertiary/aromatic N) is 1. The third-order valence-electron chi connectivity index (χ3n) is 5.83. The number of anilines is 1. The first-order chi connectivity index (χ1) is 17.8. The molecule has 5 rings (SSSR count). The van der Waals surface area contributed by atoms with E-state index < -0.39 is 6.36 Å². The van der Waals surface area contributed by atoms with Gasteiger partial charge in [-0.1, -0.05) is 42.5 Å². The summed E-state index contributed by atoms with van der Waals surface area (Å²) >= 11 is 1.51. The molecule has 1 unspecified atom stereocenters. The minimum atomic E-state index is -4.80. The van der Waals surface area contributed by atoms with Crippen LogP contribution in [-0.4, -0.2) is 22.3 Å². The number of carbonyl (C=O) groups is 1. The summed E-state index contributed by atoms with van der Waals surface area (Å²) in [5, 5.41) is 15.1. The minimum absolute atomic E-state index is 0.0468. The molecule has 2 N–H and O–H groups in total. The summed E-state index contributed by atoms with van der Waals surface area (Å²) in [5.74, 6) is -0.619.